The molecule has 4 heterocycles. The predicted molar refractivity (Wildman–Crippen MR) is 229 cm³/mol. The fraction of sp³-hybridized carbons (Fsp3) is 0.500. The third-order valence-corrected chi connectivity index (χ3v) is 16.4. The molecule has 302 valence electrons. The molecule has 10 rings (SSSR count). The largest absolute Gasteiger partial charge is 0.392 e. The number of amides is 1. The van der Waals surface area contributed by atoms with E-state index in [1.165, 1.54) is 16.3 Å². The Morgan fingerprint density at radius 3 is 2.45 bits per heavy atom. The molecule has 2 fully saturated rings. The monoisotopic (exact) mass is 779 g/mol. The Labute approximate surface area is 342 Å². The van der Waals surface area contributed by atoms with Crippen molar-refractivity contribution in [1.82, 2.24) is 4.57 Å². The number of ketones is 1. The summed E-state index contributed by atoms with van der Waals surface area (Å²) < 4.78 is 8.92. The average Bonchev–Trinajstić information content (AvgIpc) is 3.89. The molecule has 2 saturated carbocycles. The average molecular weight is 780 g/mol. The number of hydrazone groups is 1. The number of benzene rings is 2. The smallest absolute Gasteiger partial charge is 0.280 e. The Bertz CT molecular complexity index is 2520. The first-order valence-corrected chi connectivity index (χ1v) is 21.3. The van der Waals surface area contributed by atoms with Crippen LogP contribution in [0.4, 0.5) is 5.69 Å². The normalized spacial score (nSPS) is 37.2. The molecule has 2 unspecified atom stereocenters. The number of hydrogen-bond acceptors (Lipinski definition) is 6. The maximum absolute atomic E-state index is 15.0. The van der Waals surface area contributed by atoms with Crippen LogP contribution in [-0.2, 0) is 21.4 Å². The first kappa shape index (κ1) is 37.9. The fourth-order valence-corrected chi connectivity index (χ4v) is 13.9. The maximum Gasteiger partial charge on any atom is 0.280 e. The molecule has 8 nitrogen and oxygen atoms in total. The van der Waals surface area contributed by atoms with Gasteiger partial charge in [0, 0.05) is 33.4 Å². The quantitative estimate of drug-likeness (QED) is 0.203. The van der Waals surface area contributed by atoms with Gasteiger partial charge in [-0.2, -0.15) is 10.1 Å². The van der Waals surface area contributed by atoms with Crippen LogP contribution >= 0.6 is 0 Å². The number of hydrogen-bond donors (Lipinski definition) is 2. The van der Waals surface area contributed by atoms with Crippen molar-refractivity contribution in [1.29, 1.82) is 0 Å². The lowest BCUT2D eigenvalue weighted by molar-refractivity contribution is -0.144. The number of aromatic nitrogens is 1. The third-order valence-electron chi connectivity index (χ3n) is 16.4. The molecule has 9 atom stereocenters. The third kappa shape index (κ3) is 4.60. The van der Waals surface area contributed by atoms with E-state index in [-0.39, 0.29) is 34.4 Å². The molecule has 0 spiro atoms. The zero-order valence-corrected chi connectivity index (χ0v) is 35.4. The molecule has 0 radical (unpaired) electrons. The second kappa shape index (κ2) is 11.9. The molecule has 1 amide bonds. The number of ether oxygens (including phenoxy) is 1. The Hall–Kier alpha value is -4.37. The number of aliphatic hydroxyl groups is 2. The second-order valence-corrected chi connectivity index (χ2v) is 20.4. The SMILES string of the molecule is C=C(C)[C@H]1C(=O)c2c3c(cc4c5c(n1c24)[C@@]1(C)C(CC[C@H]2[C@](C)(/C=C/C=C4/C(=O)N(c6ccccc6)N=C4C)[C@@H](O)CC[C@@]21C)C5)C1=CC(C)(C)OC(C)(C)C1[C@@H]3O. The summed E-state index contributed by atoms with van der Waals surface area (Å²) in [6.07, 6.45) is 11.2. The molecular formula is C50H57N3O5. The number of fused-ring (bicyclic) bond motifs is 11. The van der Waals surface area contributed by atoms with Crippen LogP contribution < -0.4 is 5.01 Å². The van der Waals surface area contributed by atoms with E-state index in [0.29, 0.717) is 29.2 Å². The Balaban J connectivity index is 1.10. The molecule has 8 heteroatoms. The lowest BCUT2D eigenvalue weighted by atomic mass is 9.40. The summed E-state index contributed by atoms with van der Waals surface area (Å²) >= 11 is 0. The lowest BCUT2D eigenvalue weighted by Gasteiger charge is -2.64. The van der Waals surface area contributed by atoms with Gasteiger partial charge >= 0.3 is 0 Å². The number of allylic oxidation sites excluding steroid dienone is 3. The lowest BCUT2D eigenvalue weighted by Crippen LogP contribution is -2.62. The van der Waals surface area contributed by atoms with E-state index in [1.807, 2.05) is 56.3 Å². The zero-order valence-electron chi connectivity index (χ0n) is 35.4. The van der Waals surface area contributed by atoms with Crippen molar-refractivity contribution < 1.29 is 24.5 Å². The highest BCUT2D eigenvalue weighted by atomic mass is 16.5. The summed E-state index contributed by atoms with van der Waals surface area (Å²) in [7, 11) is 0. The zero-order chi connectivity index (χ0) is 41.2. The summed E-state index contributed by atoms with van der Waals surface area (Å²) in [6, 6.07) is 11.2. The molecule has 1 aromatic heterocycles. The van der Waals surface area contributed by atoms with Crippen molar-refractivity contribution in [3.05, 3.63) is 106 Å². The van der Waals surface area contributed by atoms with Crippen molar-refractivity contribution in [2.45, 2.75) is 129 Å². The minimum absolute atomic E-state index is 0.0268. The highest BCUT2D eigenvalue weighted by Crippen LogP contribution is 2.71. The predicted octanol–water partition coefficient (Wildman–Crippen LogP) is 9.50. The van der Waals surface area contributed by atoms with Crippen LogP contribution in [0.1, 0.15) is 133 Å². The van der Waals surface area contributed by atoms with Crippen LogP contribution in [0.15, 0.2) is 83.5 Å². The molecule has 58 heavy (non-hydrogen) atoms. The van der Waals surface area contributed by atoms with Crippen LogP contribution in [-0.4, -0.2) is 49.5 Å². The van der Waals surface area contributed by atoms with E-state index < -0.39 is 34.9 Å². The van der Waals surface area contributed by atoms with Gasteiger partial charge in [0.05, 0.1) is 51.5 Å². The standard InChI is InChI=1S/C50H57N3O5/c1-26(2)40-43(56)38-37-31(34-25-46(4,5)58-47(6,7)39(34)42(37)55)24-32-33-23-28-18-19-35-48(8,36(54)20-22-49(35,9)50(28,10)44(33)52(40)41(32)38)21-14-17-30-27(3)51-53(45(30)57)29-15-12-11-13-16-29/h11-17,21,24-25,28,35-36,39-40,42,54-55H,1,18-20,22-23H2,2-10H3/b21-14+,30-17+/t28?,35-,36-,39?,40-,42+,48-,49-,50+/m0/s1. The van der Waals surface area contributed by atoms with Gasteiger partial charge in [-0.15, -0.1) is 0 Å². The molecule has 0 bridgehead atoms. The Morgan fingerprint density at radius 2 is 1.74 bits per heavy atom. The molecule has 2 N–H and O–H groups in total. The number of rotatable bonds is 4. The fourth-order valence-electron chi connectivity index (χ4n) is 13.9. The highest BCUT2D eigenvalue weighted by molar-refractivity contribution is 6.29. The van der Waals surface area contributed by atoms with E-state index in [2.05, 4.69) is 82.9 Å². The van der Waals surface area contributed by atoms with Crippen molar-refractivity contribution in [2.75, 3.05) is 5.01 Å². The molecule has 3 aliphatic heterocycles. The van der Waals surface area contributed by atoms with Crippen LogP contribution in [0.5, 0.6) is 0 Å². The second-order valence-electron chi connectivity index (χ2n) is 20.4. The first-order chi connectivity index (χ1) is 27.3. The van der Waals surface area contributed by atoms with E-state index in [1.54, 1.807) is 0 Å². The van der Waals surface area contributed by atoms with Crippen LogP contribution in [0.3, 0.4) is 0 Å². The summed E-state index contributed by atoms with van der Waals surface area (Å²) in [5, 5.41) is 31.4. The van der Waals surface area contributed by atoms with E-state index in [9.17, 15) is 15.0 Å². The van der Waals surface area contributed by atoms with Crippen molar-refractivity contribution in [3.63, 3.8) is 0 Å². The number of Topliss-reactive ketones (excluding diaryl/α,β-unsaturated/α-hetero) is 1. The summed E-state index contributed by atoms with van der Waals surface area (Å²) in [5.41, 5.74) is 7.53. The Kier molecular flexibility index (Phi) is 7.76. The molecule has 7 aliphatic rings. The van der Waals surface area contributed by atoms with Crippen LogP contribution in [0.2, 0.25) is 0 Å². The number of para-hydroxylation sites is 1. The molecular weight excluding hydrogens is 723 g/mol. The molecule has 2 aromatic carbocycles. The van der Waals surface area contributed by atoms with Crippen LogP contribution in [0.25, 0.3) is 16.5 Å². The van der Waals surface area contributed by atoms with Gasteiger partial charge in [0.25, 0.3) is 5.91 Å². The minimum Gasteiger partial charge on any atom is -0.392 e. The first-order valence-electron chi connectivity index (χ1n) is 21.3. The number of aliphatic hydroxyl groups excluding tert-OH is 2. The number of carbonyl (C=O) groups is 2. The van der Waals surface area contributed by atoms with Gasteiger partial charge in [-0.05, 0) is 138 Å². The van der Waals surface area contributed by atoms with Gasteiger partial charge in [0.15, 0.2) is 5.78 Å². The van der Waals surface area contributed by atoms with Gasteiger partial charge in [-0.3, -0.25) is 9.59 Å². The summed E-state index contributed by atoms with van der Waals surface area (Å²) in [6.45, 7) is 23.6. The van der Waals surface area contributed by atoms with Crippen molar-refractivity contribution >= 4 is 39.6 Å². The van der Waals surface area contributed by atoms with Crippen LogP contribution in [0, 0.1) is 28.6 Å². The van der Waals surface area contributed by atoms with Gasteiger partial charge < -0.3 is 19.5 Å². The topological polar surface area (TPSA) is 104 Å². The summed E-state index contributed by atoms with van der Waals surface area (Å²) in [4.78, 5) is 28.6. The highest BCUT2D eigenvalue weighted by Gasteiger charge is 2.68. The van der Waals surface area contributed by atoms with E-state index in [0.717, 1.165) is 64.5 Å². The van der Waals surface area contributed by atoms with E-state index in [4.69, 9.17) is 4.74 Å². The number of anilines is 1. The molecule has 4 aliphatic carbocycles. The van der Waals surface area contributed by atoms with Crippen molar-refractivity contribution in [3.8, 4) is 0 Å². The maximum atomic E-state index is 15.0. The number of carbonyl (C=O) groups excluding carboxylic acids is 2. The van der Waals surface area contributed by atoms with Gasteiger partial charge in [-0.1, -0.05) is 63.3 Å². The van der Waals surface area contributed by atoms with Gasteiger partial charge in [-0.25, -0.2) is 0 Å². The molecule has 0 saturated heterocycles. The minimum atomic E-state index is -0.865. The Morgan fingerprint density at radius 1 is 1.02 bits per heavy atom. The van der Waals surface area contributed by atoms with Crippen molar-refractivity contribution in [2.24, 2.45) is 33.7 Å². The van der Waals surface area contributed by atoms with Gasteiger partial charge in [0.2, 0.25) is 0 Å². The van der Waals surface area contributed by atoms with E-state index >= 15 is 4.79 Å². The summed E-state index contributed by atoms with van der Waals surface area (Å²) in [5.74, 6) is 0.0904. The van der Waals surface area contributed by atoms with Gasteiger partial charge in [0.1, 0.15) is 6.04 Å². The number of nitrogens with zero attached hydrogens (tertiary/aromatic N) is 3. The molecule has 3 aromatic rings.